The van der Waals surface area contributed by atoms with Crippen molar-refractivity contribution in [2.24, 2.45) is 0 Å². The fraction of sp³-hybridized carbons (Fsp3) is 0.357. The smallest absolute Gasteiger partial charge is 0.299 e. The monoisotopic (exact) mass is 338 g/mol. The molecule has 0 spiro atoms. The van der Waals surface area contributed by atoms with Crippen LogP contribution in [0.5, 0.6) is 0 Å². The Morgan fingerprint density at radius 3 is 2.50 bits per heavy atom. The van der Waals surface area contributed by atoms with Gasteiger partial charge in [-0.05, 0) is 32.0 Å². The first kappa shape index (κ1) is 14.7. The van der Waals surface area contributed by atoms with Crippen molar-refractivity contribution < 1.29 is 14.4 Å². The molecule has 1 aromatic carbocycles. The number of hydrogen-bond donors (Lipinski definition) is 0. The highest BCUT2D eigenvalue weighted by Gasteiger charge is 2.37. The van der Waals surface area contributed by atoms with Crippen molar-refractivity contribution in [2.45, 2.75) is 13.8 Å². The number of likely N-dealkylation sites (N-methyl/N-ethyl adjacent to an activating group) is 1. The van der Waals surface area contributed by atoms with Gasteiger partial charge < -0.3 is 4.90 Å². The summed E-state index contributed by atoms with van der Waals surface area (Å²) in [7, 11) is 0. The molecule has 0 saturated carbocycles. The largest absolute Gasteiger partial charge is 0.342 e. The maximum Gasteiger partial charge on any atom is 0.299 e. The Morgan fingerprint density at radius 1 is 1.25 bits per heavy atom. The number of hydrogen-bond acceptors (Lipinski definition) is 3. The minimum atomic E-state index is -0.640. The van der Waals surface area contributed by atoms with Gasteiger partial charge in [0.2, 0.25) is 5.91 Å². The highest BCUT2D eigenvalue weighted by molar-refractivity contribution is 9.10. The Kier molecular flexibility index (Phi) is 4.23. The molecule has 1 aliphatic heterocycles. The van der Waals surface area contributed by atoms with E-state index in [9.17, 15) is 14.4 Å². The molecule has 106 valence electrons. The molecule has 0 N–H and O–H groups in total. The van der Waals surface area contributed by atoms with Crippen LogP contribution < -0.4 is 4.90 Å². The van der Waals surface area contributed by atoms with E-state index < -0.39 is 11.7 Å². The molecule has 0 atom stereocenters. The molecule has 2 rings (SSSR count). The number of carbonyl (C=O) groups excluding carboxylic acids is 3. The summed E-state index contributed by atoms with van der Waals surface area (Å²) in [5.74, 6) is -1.36. The fourth-order valence-corrected chi connectivity index (χ4v) is 2.60. The van der Waals surface area contributed by atoms with Gasteiger partial charge >= 0.3 is 0 Å². The quantitative estimate of drug-likeness (QED) is 0.787. The van der Waals surface area contributed by atoms with E-state index in [0.29, 0.717) is 24.3 Å². The molecule has 1 aromatic rings. The molecule has 6 heteroatoms. The van der Waals surface area contributed by atoms with Crippen LogP contribution in [-0.4, -0.2) is 42.1 Å². The van der Waals surface area contributed by atoms with Crippen molar-refractivity contribution in [3.05, 3.63) is 28.2 Å². The van der Waals surface area contributed by atoms with E-state index in [2.05, 4.69) is 15.9 Å². The first-order chi connectivity index (χ1) is 9.49. The molecule has 0 radical (unpaired) electrons. The van der Waals surface area contributed by atoms with Crippen molar-refractivity contribution in [3.8, 4) is 0 Å². The molecular weight excluding hydrogens is 324 g/mol. The van der Waals surface area contributed by atoms with Crippen molar-refractivity contribution in [1.29, 1.82) is 0 Å². The number of anilines is 1. The molecule has 0 aliphatic carbocycles. The number of fused-ring (bicyclic) bond motifs is 1. The Bertz CT molecular complexity index is 582. The standard InChI is InChI=1S/C14H15BrN2O3/c1-3-16(4-2)12(18)8-17-11-6-5-9(15)7-10(11)13(19)14(17)20/h5-7H,3-4,8H2,1-2H3. The molecule has 5 nitrogen and oxygen atoms in total. The molecule has 0 bridgehead atoms. The Morgan fingerprint density at radius 2 is 1.90 bits per heavy atom. The van der Waals surface area contributed by atoms with E-state index in [4.69, 9.17) is 0 Å². The normalized spacial score (nSPS) is 13.7. The Balaban J connectivity index is 2.28. The first-order valence-corrected chi connectivity index (χ1v) is 7.22. The third-order valence-electron chi connectivity index (χ3n) is 3.34. The van der Waals surface area contributed by atoms with Crippen LogP contribution in [0.4, 0.5) is 5.69 Å². The van der Waals surface area contributed by atoms with Gasteiger partial charge in [0.15, 0.2) is 0 Å². The predicted octanol–water partition coefficient (Wildman–Crippen LogP) is 1.85. The average Bonchev–Trinajstić information content (AvgIpc) is 2.65. The molecule has 0 saturated heterocycles. The molecule has 2 amide bonds. The van der Waals surface area contributed by atoms with Gasteiger partial charge in [-0.25, -0.2) is 0 Å². The van der Waals surface area contributed by atoms with Gasteiger partial charge in [0, 0.05) is 17.6 Å². The molecule has 1 heterocycles. The number of Topliss-reactive ketones (excluding diaryl/α,β-unsaturated/α-hetero) is 1. The summed E-state index contributed by atoms with van der Waals surface area (Å²) >= 11 is 3.27. The zero-order chi connectivity index (χ0) is 14.9. The van der Waals surface area contributed by atoms with E-state index in [0.717, 1.165) is 4.47 Å². The van der Waals surface area contributed by atoms with E-state index in [1.54, 1.807) is 23.1 Å². The second-order valence-corrected chi connectivity index (χ2v) is 5.36. The van der Waals surface area contributed by atoms with E-state index >= 15 is 0 Å². The number of halogens is 1. The third-order valence-corrected chi connectivity index (χ3v) is 3.84. The molecule has 0 aromatic heterocycles. The van der Waals surface area contributed by atoms with Crippen molar-refractivity contribution >= 4 is 39.2 Å². The summed E-state index contributed by atoms with van der Waals surface area (Å²) in [6.45, 7) is 4.82. The Labute approximate surface area is 125 Å². The highest BCUT2D eigenvalue weighted by Crippen LogP contribution is 2.31. The topological polar surface area (TPSA) is 57.7 Å². The summed E-state index contributed by atoms with van der Waals surface area (Å²) in [6.07, 6.45) is 0. The van der Waals surface area contributed by atoms with E-state index in [1.807, 2.05) is 13.8 Å². The lowest BCUT2D eigenvalue weighted by Gasteiger charge is -2.22. The predicted molar refractivity (Wildman–Crippen MR) is 78.8 cm³/mol. The summed E-state index contributed by atoms with van der Waals surface area (Å²) in [4.78, 5) is 38.9. The van der Waals surface area contributed by atoms with Crippen LogP contribution in [0.1, 0.15) is 24.2 Å². The van der Waals surface area contributed by atoms with Crippen LogP contribution in [0, 0.1) is 0 Å². The molecule has 0 fully saturated rings. The van der Waals surface area contributed by atoms with Gasteiger partial charge in [0.25, 0.3) is 11.7 Å². The van der Waals surface area contributed by atoms with Gasteiger partial charge in [0.05, 0.1) is 11.3 Å². The maximum atomic E-state index is 12.1. The minimum absolute atomic E-state index is 0.0963. The van der Waals surface area contributed by atoms with Gasteiger partial charge in [-0.2, -0.15) is 0 Å². The van der Waals surface area contributed by atoms with Crippen LogP contribution in [0.15, 0.2) is 22.7 Å². The zero-order valence-electron chi connectivity index (χ0n) is 11.4. The lowest BCUT2D eigenvalue weighted by molar-refractivity contribution is -0.130. The minimum Gasteiger partial charge on any atom is -0.342 e. The van der Waals surface area contributed by atoms with Crippen LogP contribution in [0.3, 0.4) is 0 Å². The van der Waals surface area contributed by atoms with Crippen molar-refractivity contribution in [3.63, 3.8) is 0 Å². The van der Waals surface area contributed by atoms with Gasteiger partial charge in [-0.3, -0.25) is 19.3 Å². The Hall–Kier alpha value is -1.69. The van der Waals surface area contributed by atoms with Crippen LogP contribution in [-0.2, 0) is 9.59 Å². The number of nitrogens with zero attached hydrogens (tertiary/aromatic N) is 2. The first-order valence-electron chi connectivity index (χ1n) is 6.43. The fourth-order valence-electron chi connectivity index (χ4n) is 2.24. The summed E-state index contributed by atoms with van der Waals surface area (Å²) < 4.78 is 0.731. The van der Waals surface area contributed by atoms with Crippen LogP contribution in [0.25, 0.3) is 0 Å². The molecule has 20 heavy (non-hydrogen) atoms. The molecular formula is C14H15BrN2O3. The van der Waals surface area contributed by atoms with Gasteiger partial charge in [0.1, 0.15) is 6.54 Å². The zero-order valence-corrected chi connectivity index (χ0v) is 12.9. The van der Waals surface area contributed by atoms with E-state index in [1.165, 1.54) is 4.90 Å². The van der Waals surface area contributed by atoms with E-state index in [-0.39, 0.29) is 12.5 Å². The second-order valence-electron chi connectivity index (χ2n) is 4.45. The number of benzene rings is 1. The lowest BCUT2D eigenvalue weighted by Crippen LogP contribution is -2.42. The molecule has 0 unspecified atom stereocenters. The molecule has 1 aliphatic rings. The highest BCUT2D eigenvalue weighted by atomic mass is 79.9. The van der Waals surface area contributed by atoms with Crippen LogP contribution >= 0.6 is 15.9 Å². The van der Waals surface area contributed by atoms with Crippen molar-refractivity contribution in [1.82, 2.24) is 4.90 Å². The average molecular weight is 339 g/mol. The van der Waals surface area contributed by atoms with Gasteiger partial charge in [-0.15, -0.1) is 0 Å². The second kappa shape index (κ2) is 5.75. The summed E-state index contributed by atoms with van der Waals surface area (Å²) in [5.41, 5.74) is 0.848. The number of amides is 2. The SMILES string of the molecule is CCN(CC)C(=O)CN1C(=O)C(=O)c2cc(Br)ccc21. The van der Waals surface area contributed by atoms with Crippen LogP contribution in [0.2, 0.25) is 0 Å². The van der Waals surface area contributed by atoms with Crippen molar-refractivity contribution in [2.75, 3.05) is 24.5 Å². The summed E-state index contributed by atoms with van der Waals surface area (Å²) in [5, 5.41) is 0. The number of ketones is 1. The van der Waals surface area contributed by atoms with Gasteiger partial charge in [-0.1, -0.05) is 15.9 Å². The number of rotatable bonds is 4. The third kappa shape index (κ3) is 2.47. The lowest BCUT2D eigenvalue weighted by atomic mass is 10.1. The summed E-state index contributed by atoms with van der Waals surface area (Å²) in [6, 6.07) is 5.04. The maximum absolute atomic E-state index is 12.1. The number of carbonyl (C=O) groups is 3.